The first-order valence-electron chi connectivity index (χ1n) is 6.55. The molecule has 0 spiro atoms. The second-order valence-electron chi connectivity index (χ2n) is 4.63. The van der Waals surface area contributed by atoms with Gasteiger partial charge in [-0.2, -0.15) is 5.10 Å². The van der Waals surface area contributed by atoms with E-state index in [0.29, 0.717) is 11.3 Å². The number of ether oxygens (including phenoxy) is 1. The first-order valence-corrected chi connectivity index (χ1v) is 8.10. The van der Waals surface area contributed by atoms with E-state index in [-0.39, 0.29) is 10.6 Å². The lowest BCUT2D eigenvalue weighted by Crippen LogP contribution is -2.12. The summed E-state index contributed by atoms with van der Waals surface area (Å²) in [7, 11) is -2.50. The maximum Gasteiger partial charge on any atom is 0.295 e. The van der Waals surface area contributed by atoms with Gasteiger partial charge in [-0.1, -0.05) is 12.1 Å². The van der Waals surface area contributed by atoms with Gasteiger partial charge < -0.3 is 4.74 Å². The van der Waals surface area contributed by atoms with Crippen molar-refractivity contribution in [1.82, 2.24) is 0 Å². The van der Waals surface area contributed by atoms with E-state index in [2.05, 4.69) is 10.5 Å². The van der Waals surface area contributed by atoms with Crippen molar-refractivity contribution < 1.29 is 18.1 Å². The Morgan fingerprint density at radius 2 is 2.04 bits per heavy atom. The molecular weight excluding hydrogens is 336 g/mol. The van der Waals surface area contributed by atoms with Crippen molar-refractivity contribution in [2.75, 3.05) is 12.5 Å². The molecule has 0 amide bonds. The van der Waals surface area contributed by atoms with Crippen LogP contribution in [0.1, 0.15) is 5.56 Å². The predicted molar refractivity (Wildman–Crippen MR) is 88.7 cm³/mol. The first kappa shape index (κ1) is 17.4. The highest BCUT2D eigenvalue weighted by Gasteiger charge is 2.18. The molecule has 3 N–H and O–H groups in total. The van der Waals surface area contributed by atoms with E-state index >= 15 is 0 Å². The zero-order valence-electron chi connectivity index (χ0n) is 12.5. The van der Waals surface area contributed by atoms with Crippen LogP contribution in [0.15, 0.2) is 52.5 Å². The maximum atomic E-state index is 11.3. The highest BCUT2D eigenvalue weighted by Crippen LogP contribution is 2.27. The van der Waals surface area contributed by atoms with Gasteiger partial charge in [0, 0.05) is 6.07 Å². The number of sulfonamides is 1. The van der Waals surface area contributed by atoms with Crippen LogP contribution in [0.4, 0.5) is 11.4 Å². The Kier molecular flexibility index (Phi) is 5.11. The molecule has 24 heavy (non-hydrogen) atoms. The highest BCUT2D eigenvalue weighted by molar-refractivity contribution is 7.89. The molecule has 0 bridgehead atoms. The molecule has 0 aromatic heterocycles. The number of nitrogens with zero attached hydrogens (tertiary/aromatic N) is 2. The SMILES string of the molecule is COc1cccc(/C=N\Nc2ccc(S(N)(=O)=O)cc2[N+](=O)[O-])c1. The third-order valence-electron chi connectivity index (χ3n) is 2.99. The quantitative estimate of drug-likeness (QED) is 0.462. The van der Waals surface area contributed by atoms with Crippen molar-refractivity contribution in [3.8, 4) is 5.75 Å². The molecule has 126 valence electrons. The number of benzene rings is 2. The first-order chi connectivity index (χ1) is 11.3. The van der Waals surface area contributed by atoms with Gasteiger partial charge in [-0.25, -0.2) is 13.6 Å². The normalized spacial score (nSPS) is 11.4. The second-order valence-corrected chi connectivity index (χ2v) is 6.19. The Bertz CT molecular complexity index is 896. The Hall–Kier alpha value is -2.98. The van der Waals surface area contributed by atoms with E-state index in [9.17, 15) is 18.5 Å². The Labute approximate surface area is 138 Å². The minimum atomic E-state index is -4.03. The summed E-state index contributed by atoms with van der Waals surface area (Å²) in [6.45, 7) is 0. The van der Waals surface area contributed by atoms with Crippen molar-refractivity contribution in [3.05, 3.63) is 58.1 Å². The van der Waals surface area contributed by atoms with Crippen LogP contribution in [-0.4, -0.2) is 26.7 Å². The molecule has 0 aliphatic carbocycles. The van der Waals surface area contributed by atoms with Crippen LogP contribution in [0.2, 0.25) is 0 Å². The van der Waals surface area contributed by atoms with Gasteiger partial charge >= 0.3 is 0 Å². The molecule has 2 aromatic rings. The number of rotatable bonds is 6. The summed E-state index contributed by atoms with van der Waals surface area (Å²) in [6.07, 6.45) is 1.44. The zero-order valence-corrected chi connectivity index (χ0v) is 13.4. The number of hydrogen-bond donors (Lipinski definition) is 2. The minimum Gasteiger partial charge on any atom is -0.497 e. The molecular formula is C14H14N4O5S. The Morgan fingerprint density at radius 3 is 2.67 bits per heavy atom. The molecule has 0 saturated carbocycles. The van der Waals surface area contributed by atoms with Crippen molar-refractivity contribution in [2.45, 2.75) is 4.90 Å². The van der Waals surface area contributed by atoms with E-state index in [1.165, 1.54) is 19.4 Å². The van der Waals surface area contributed by atoms with Gasteiger partial charge in [0.25, 0.3) is 5.69 Å². The van der Waals surface area contributed by atoms with Crippen LogP contribution >= 0.6 is 0 Å². The number of anilines is 1. The Balaban J connectivity index is 2.26. The van der Waals surface area contributed by atoms with Crippen LogP contribution in [0.3, 0.4) is 0 Å². The van der Waals surface area contributed by atoms with Gasteiger partial charge in [-0.3, -0.25) is 15.5 Å². The predicted octanol–water partition coefficient (Wildman–Crippen LogP) is 1.70. The molecule has 2 rings (SSSR count). The third kappa shape index (κ3) is 4.27. The lowest BCUT2D eigenvalue weighted by molar-refractivity contribution is -0.384. The number of nitrogens with two attached hydrogens (primary N) is 1. The van der Waals surface area contributed by atoms with Gasteiger partial charge in [0.05, 0.1) is 23.1 Å². The summed E-state index contributed by atoms with van der Waals surface area (Å²) in [6, 6.07) is 10.3. The minimum absolute atomic E-state index is 0.0338. The lowest BCUT2D eigenvalue weighted by atomic mass is 10.2. The molecule has 2 aromatic carbocycles. The maximum absolute atomic E-state index is 11.3. The average Bonchev–Trinajstić information content (AvgIpc) is 2.54. The average molecular weight is 350 g/mol. The van der Waals surface area contributed by atoms with Gasteiger partial charge in [0.15, 0.2) is 0 Å². The van der Waals surface area contributed by atoms with Crippen LogP contribution < -0.4 is 15.3 Å². The van der Waals surface area contributed by atoms with Gasteiger partial charge in [-0.15, -0.1) is 0 Å². The van der Waals surface area contributed by atoms with E-state index < -0.39 is 20.6 Å². The molecule has 0 aliphatic rings. The molecule has 0 atom stereocenters. The molecule has 10 heteroatoms. The summed E-state index contributed by atoms with van der Waals surface area (Å²) in [5.74, 6) is 0.641. The van der Waals surface area contributed by atoms with E-state index in [4.69, 9.17) is 9.88 Å². The van der Waals surface area contributed by atoms with Crippen LogP contribution in [-0.2, 0) is 10.0 Å². The summed E-state index contributed by atoms with van der Waals surface area (Å²) < 4.78 is 27.6. The van der Waals surface area contributed by atoms with Crippen LogP contribution in [0.25, 0.3) is 0 Å². The van der Waals surface area contributed by atoms with Gasteiger partial charge in [0.1, 0.15) is 11.4 Å². The summed E-state index contributed by atoms with van der Waals surface area (Å²) in [4.78, 5) is 10.0. The molecule has 0 radical (unpaired) electrons. The van der Waals surface area contributed by atoms with Crippen LogP contribution in [0, 0.1) is 10.1 Å². The lowest BCUT2D eigenvalue weighted by Gasteiger charge is -2.04. The monoisotopic (exact) mass is 350 g/mol. The zero-order chi connectivity index (χ0) is 17.7. The number of primary sulfonamides is 1. The van der Waals surface area contributed by atoms with Crippen molar-refractivity contribution in [1.29, 1.82) is 0 Å². The molecule has 9 nitrogen and oxygen atoms in total. The van der Waals surface area contributed by atoms with Gasteiger partial charge in [-0.05, 0) is 29.8 Å². The fourth-order valence-electron chi connectivity index (χ4n) is 1.83. The smallest absolute Gasteiger partial charge is 0.295 e. The van der Waals surface area contributed by atoms with E-state index in [1.54, 1.807) is 24.3 Å². The number of hydrazone groups is 1. The molecule has 0 aliphatic heterocycles. The molecule has 0 saturated heterocycles. The van der Waals surface area contributed by atoms with E-state index in [0.717, 1.165) is 12.1 Å². The number of nitro benzene ring substituents is 1. The van der Waals surface area contributed by atoms with E-state index in [1.807, 2.05) is 0 Å². The number of hydrogen-bond acceptors (Lipinski definition) is 7. The number of nitro groups is 1. The summed E-state index contributed by atoms with van der Waals surface area (Å²) in [5, 5.41) is 20.0. The van der Waals surface area contributed by atoms with Crippen molar-refractivity contribution >= 4 is 27.6 Å². The topological polar surface area (TPSA) is 137 Å². The number of nitrogens with one attached hydrogen (secondary N) is 1. The molecule has 0 unspecified atom stereocenters. The fourth-order valence-corrected chi connectivity index (χ4v) is 2.37. The number of methoxy groups -OCH3 is 1. The highest BCUT2D eigenvalue weighted by atomic mass is 32.2. The molecule has 0 heterocycles. The third-order valence-corrected chi connectivity index (χ3v) is 3.90. The molecule has 0 fully saturated rings. The largest absolute Gasteiger partial charge is 0.497 e. The van der Waals surface area contributed by atoms with Crippen LogP contribution in [0.5, 0.6) is 5.75 Å². The van der Waals surface area contributed by atoms with Gasteiger partial charge in [0.2, 0.25) is 10.0 Å². The Morgan fingerprint density at radius 1 is 1.29 bits per heavy atom. The standard InChI is InChI=1S/C14H14N4O5S/c1-23-11-4-2-3-10(7-11)9-16-17-13-6-5-12(24(15,21)22)8-14(13)18(19)20/h2-9,17H,1H3,(H2,15,21,22)/b16-9-. The summed E-state index contributed by atoms with van der Waals surface area (Å²) in [5.41, 5.74) is 2.80. The van der Waals surface area contributed by atoms with Crippen molar-refractivity contribution in [2.24, 2.45) is 10.2 Å². The fraction of sp³-hybridized carbons (Fsp3) is 0.0714. The second kappa shape index (κ2) is 7.06. The van der Waals surface area contributed by atoms with Crippen molar-refractivity contribution in [3.63, 3.8) is 0 Å². The summed E-state index contributed by atoms with van der Waals surface area (Å²) >= 11 is 0.